The molecule has 0 aliphatic carbocycles. The largest absolute Gasteiger partial charge is 0.491 e. The zero-order valence-corrected chi connectivity index (χ0v) is 18.6. The molecule has 0 spiro atoms. The fourth-order valence-electron chi connectivity index (χ4n) is 3.98. The van der Waals surface area contributed by atoms with Crippen LogP contribution >= 0.6 is 0 Å². The number of benzene rings is 2. The second-order valence-corrected chi connectivity index (χ2v) is 8.26. The smallest absolute Gasteiger partial charge is 0.165 e. The van der Waals surface area contributed by atoms with Crippen molar-refractivity contribution in [3.8, 4) is 11.5 Å². The molecule has 0 saturated carbocycles. The maximum absolute atomic E-state index is 9.57. The van der Waals surface area contributed by atoms with Crippen LogP contribution in [0.3, 0.4) is 0 Å². The zero-order valence-electron chi connectivity index (χ0n) is 18.6. The van der Waals surface area contributed by atoms with Crippen LogP contribution in [0.1, 0.15) is 29.5 Å². The van der Waals surface area contributed by atoms with Crippen LogP contribution < -0.4 is 9.47 Å². The minimum atomic E-state index is -0.335. The van der Waals surface area contributed by atoms with Crippen LogP contribution in [-0.4, -0.2) is 43.4 Å². The van der Waals surface area contributed by atoms with Gasteiger partial charge in [0.1, 0.15) is 48.4 Å². The molecule has 1 saturated heterocycles. The first-order valence-corrected chi connectivity index (χ1v) is 11.0. The first-order chi connectivity index (χ1) is 16.1. The lowest BCUT2D eigenvalue weighted by molar-refractivity contribution is -0.0341. The topological polar surface area (TPSA) is 91.5 Å². The number of nitrogens with zero attached hydrogens (tertiary/aromatic N) is 4. The summed E-state index contributed by atoms with van der Waals surface area (Å²) in [6, 6.07) is 15.9. The van der Waals surface area contributed by atoms with E-state index in [1.807, 2.05) is 66.9 Å². The van der Waals surface area contributed by atoms with E-state index in [1.54, 1.807) is 6.33 Å². The van der Waals surface area contributed by atoms with E-state index < -0.39 is 0 Å². The summed E-state index contributed by atoms with van der Waals surface area (Å²) < 4.78 is 20.6. The number of ether oxygens (including phenoxy) is 3. The molecule has 1 aliphatic rings. The summed E-state index contributed by atoms with van der Waals surface area (Å²) in [4.78, 5) is 12.9. The third kappa shape index (κ3) is 4.53. The van der Waals surface area contributed by atoms with Gasteiger partial charge in [-0.1, -0.05) is 35.4 Å². The van der Waals surface area contributed by atoms with Crippen molar-refractivity contribution in [2.75, 3.05) is 6.61 Å². The monoisotopic (exact) mass is 446 g/mol. The lowest BCUT2D eigenvalue weighted by Crippen LogP contribution is -2.32. The average molecular weight is 447 g/mol. The summed E-state index contributed by atoms with van der Waals surface area (Å²) in [6.45, 7) is 4.23. The van der Waals surface area contributed by atoms with Crippen LogP contribution in [0.2, 0.25) is 0 Å². The number of hydrogen-bond donors (Lipinski definition) is 1. The van der Waals surface area contributed by atoms with Crippen LogP contribution in [-0.2, 0) is 11.3 Å². The Kier molecular flexibility index (Phi) is 5.93. The van der Waals surface area contributed by atoms with E-state index in [2.05, 4.69) is 15.0 Å². The van der Waals surface area contributed by atoms with Gasteiger partial charge < -0.3 is 19.3 Å². The van der Waals surface area contributed by atoms with Crippen LogP contribution in [0.25, 0.3) is 11.2 Å². The SMILES string of the molecule is Cc1ccc(OC[C@H]2O[C@@H](n3cnc4c(CO)ncnc43)C[C@@H]2Oc2ccc(C)cc2)cc1. The zero-order chi connectivity index (χ0) is 22.8. The quantitative estimate of drug-likeness (QED) is 0.462. The van der Waals surface area contributed by atoms with E-state index in [9.17, 15) is 5.11 Å². The molecule has 0 radical (unpaired) electrons. The highest BCUT2D eigenvalue weighted by atomic mass is 16.6. The molecule has 0 amide bonds. The molecule has 1 N–H and O–H groups in total. The Morgan fingerprint density at radius 2 is 1.67 bits per heavy atom. The molecule has 1 aliphatic heterocycles. The third-order valence-electron chi connectivity index (χ3n) is 5.82. The van der Waals surface area contributed by atoms with Crippen molar-refractivity contribution < 1.29 is 19.3 Å². The molecule has 2 aromatic heterocycles. The standard InChI is InChI=1S/C25H26N4O4/c1-16-3-7-18(8-4-16)31-13-22-21(32-19-9-5-17(2)6-10-19)11-23(33-22)29-15-28-24-20(12-30)26-14-27-25(24)29/h3-10,14-15,21-23,30H,11-13H2,1-2H3/t21-,22+,23+/m0/s1. The van der Waals surface area contributed by atoms with Crippen molar-refractivity contribution in [3.05, 3.63) is 78.0 Å². The molecule has 3 atom stereocenters. The van der Waals surface area contributed by atoms with Crippen molar-refractivity contribution in [1.29, 1.82) is 0 Å². The number of imidazole rings is 1. The number of aliphatic hydroxyl groups excluding tert-OH is 1. The summed E-state index contributed by atoms with van der Waals surface area (Å²) in [6.07, 6.45) is 2.85. The van der Waals surface area contributed by atoms with E-state index >= 15 is 0 Å². The van der Waals surface area contributed by atoms with Gasteiger partial charge in [-0.05, 0) is 38.1 Å². The van der Waals surface area contributed by atoms with Gasteiger partial charge in [0.05, 0.1) is 18.6 Å². The molecule has 1 fully saturated rings. The van der Waals surface area contributed by atoms with Crippen molar-refractivity contribution >= 4 is 11.2 Å². The van der Waals surface area contributed by atoms with Crippen LogP contribution in [0.5, 0.6) is 11.5 Å². The van der Waals surface area contributed by atoms with Gasteiger partial charge in [0.25, 0.3) is 0 Å². The molecule has 4 aromatic rings. The molecule has 2 aromatic carbocycles. The van der Waals surface area contributed by atoms with E-state index in [1.165, 1.54) is 17.5 Å². The fraction of sp³-hybridized carbons (Fsp3) is 0.320. The first kappa shape index (κ1) is 21.4. The lowest BCUT2D eigenvalue weighted by Gasteiger charge is -2.20. The molecule has 8 heteroatoms. The van der Waals surface area contributed by atoms with E-state index in [0.29, 0.717) is 29.9 Å². The Labute approximate surface area is 191 Å². The number of aromatic nitrogens is 4. The van der Waals surface area contributed by atoms with Crippen molar-refractivity contribution in [2.24, 2.45) is 0 Å². The summed E-state index contributed by atoms with van der Waals surface area (Å²) in [5.41, 5.74) is 4.03. The normalized spacial score (nSPS) is 20.3. The molecule has 3 heterocycles. The number of fused-ring (bicyclic) bond motifs is 1. The van der Waals surface area contributed by atoms with Crippen molar-refractivity contribution in [2.45, 2.75) is 45.3 Å². The van der Waals surface area contributed by atoms with Gasteiger partial charge >= 0.3 is 0 Å². The molecule has 0 bridgehead atoms. The number of rotatable bonds is 7. The van der Waals surface area contributed by atoms with E-state index in [0.717, 1.165) is 11.5 Å². The van der Waals surface area contributed by atoms with Crippen molar-refractivity contribution in [3.63, 3.8) is 0 Å². The highest BCUT2D eigenvalue weighted by Gasteiger charge is 2.39. The average Bonchev–Trinajstić information content (AvgIpc) is 3.44. The van der Waals surface area contributed by atoms with Gasteiger partial charge in [0.2, 0.25) is 0 Å². The Hall–Kier alpha value is -3.49. The van der Waals surface area contributed by atoms with Crippen molar-refractivity contribution in [1.82, 2.24) is 19.5 Å². The van der Waals surface area contributed by atoms with Gasteiger partial charge in [-0.3, -0.25) is 4.57 Å². The molecule has 5 rings (SSSR count). The van der Waals surface area contributed by atoms with Crippen LogP contribution in [0.15, 0.2) is 61.2 Å². The summed E-state index contributed by atoms with van der Waals surface area (Å²) >= 11 is 0. The molecule has 33 heavy (non-hydrogen) atoms. The molecular weight excluding hydrogens is 420 g/mol. The predicted molar refractivity (Wildman–Crippen MR) is 122 cm³/mol. The van der Waals surface area contributed by atoms with Crippen LogP contribution in [0, 0.1) is 13.8 Å². The molecule has 170 valence electrons. The summed E-state index contributed by atoms with van der Waals surface area (Å²) in [7, 11) is 0. The maximum atomic E-state index is 9.57. The number of aryl methyl sites for hydroxylation is 2. The highest BCUT2D eigenvalue weighted by molar-refractivity contribution is 5.73. The molecule has 0 unspecified atom stereocenters. The first-order valence-electron chi connectivity index (χ1n) is 11.0. The second-order valence-electron chi connectivity index (χ2n) is 8.26. The minimum Gasteiger partial charge on any atom is -0.491 e. The highest BCUT2D eigenvalue weighted by Crippen LogP contribution is 2.34. The van der Waals surface area contributed by atoms with Gasteiger partial charge in [-0.25, -0.2) is 15.0 Å². The predicted octanol–water partition coefficient (Wildman–Crippen LogP) is 3.75. The van der Waals surface area contributed by atoms with Gasteiger partial charge in [0, 0.05) is 6.42 Å². The molecular formula is C25H26N4O4. The maximum Gasteiger partial charge on any atom is 0.165 e. The Morgan fingerprint density at radius 1 is 0.970 bits per heavy atom. The molecule has 8 nitrogen and oxygen atoms in total. The summed E-state index contributed by atoms with van der Waals surface area (Å²) in [5, 5.41) is 9.57. The summed E-state index contributed by atoms with van der Waals surface area (Å²) in [5.74, 6) is 1.57. The fourth-order valence-corrected chi connectivity index (χ4v) is 3.98. The van der Waals surface area contributed by atoms with Gasteiger partial charge in [-0.15, -0.1) is 0 Å². The third-order valence-corrected chi connectivity index (χ3v) is 5.82. The number of aliphatic hydroxyl groups is 1. The lowest BCUT2D eigenvalue weighted by atomic mass is 10.1. The number of hydrogen-bond acceptors (Lipinski definition) is 7. The second kappa shape index (κ2) is 9.17. The van der Waals surface area contributed by atoms with Gasteiger partial charge in [-0.2, -0.15) is 0 Å². The Balaban J connectivity index is 1.38. The minimum absolute atomic E-state index is 0.201. The van der Waals surface area contributed by atoms with Crippen LogP contribution in [0.4, 0.5) is 0 Å². The Morgan fingerprint density at radius 3 is 2.36 bits per heavy atom. The van der Waals surface area contributed by atoms with E-state index in [-0.39, 0.29) is 25.0 Å². The van der Waals surface area contributed by atoms with E-state index in [4.69, 9.17) is 14.2 Å². The van der Waals surface area contributed by atoms with Gasteiger partial charge in [0.15, 0.2) is 5.65 Å². The Bertz CT molecular complexity index is 1220.